The van der Waals surface area contributed by atoms with E-state index in [1.807, 2.05) is 61.5 Å². The van der Waals surface area contributed by atoms with Gasteiger partial charge in [0.1, 0.15) is 0 Å². The smallest absolute Gasteiger partial charge is 0.303 e. The molecule has 6 heteroatoms. The number of benzene rings is 2. The van der Waals surface area contributed by atoms with E-state index >= 15 is 0 Å². The van der Waals surface area contributed by atoms with Gasteiger partial charge >= 0.3 is 5.97 Å². The zero-order valence-electron chi connectivity index (χ0n) is 14.0. The van der Waals surface area contributed by atoms with Crippen LogP contribution in [0.2, 0.25) is 0 Å². The summed E-state index contributed by atoms with van der Waals surface area (Å²) < 4.78 is 0. The van der Waals surface area contributed by atoms with E-state index in [0.29, 0.717) is 5.71 Å². The number of nitrogens with zero attached hydrogens (tertiary/aromatic N) is 1. The molecule has 25 heavy (non-hydrogen) atoms. The quantitative estimate of drug-likeness (QED) is 0.509. The molecule has 1 amide bonds. The first-order valence-corrected chi connectivity index (χ1v) is 7.98. The Hall–Kier alpha value is -3.15. The molecule has 0 aromatic heterocycles. The van der Waals surface area contributed by atoms with Crippen LogP contribution in [0, 0.1) is 6.92 Å². The van der Waals surface area contributed by atoms with Gasteiger partial charge in [-0.15, -0.1) is 0 Å². The number of hydrogen-bond acceptors (Lipinski definition) is 4. The molecule has 0 fully saturated rings. The minimum Gasteiger partial charge on any atom is -0.481 e. The number of hydrazone groups is 1. The number of hydrogen-bond donors (Lipinski definition) is 3. The Bertz CT molecular complexity index is 740. The highest BCUT2D eigenvalue weighted by Gasteiger charge is 2.08. The van der Waals surface area contributed by atoms with Gasteiger partial charge < -0.3 is 10.4 Å². The van der Waals surface area contributed by atoms with Crippen molar-refractivity contribution in [3.05, 3.63) is 65.7 Å². The lowest BCUT2D eigenvalue weighted by Crippen LogP contribution is -2.27. The number of carbonyl (C=O) groups excluding carboxylic acids is 1. The molecule has 6 nitrogen and oxygen atoms in total. The van der Waals surface area contributed by atoms with Gasteiger partial charge in [-0.2, -0.15) is 5.10 Å². The fraction of sp³-hybridized carbons (Fsp3) is 0.211. The van der Waals surface area contributed by atoms with Crippen molar-refractivity contribution in [3.8, 4) is 0 Å². The highest BCUT2D eigenvalue weighted by Crippen LogP contribution is 2.08. The first-order valence-electron chi connectivity index (χ1n) is 7.98. The first-order chi connectivity index (χ1) is 12.0. The van der Waals surface area contributed by atoms with Crippen molar-refractivity contribution in [1.29, 1.82) is 0 Å². The normalized spacial score (nSPS) is 11.0. The molecule has 0 bridgehead atoms. The molecule has 0 aliphatic heterocycles. The third kappa shape index (κ3) is 6.47. The average Bonchev–Trinajstić information content (AvgIpc) is 2.62. The van der Waals surface area contributed by atoms with E-state index in [9.17, 15) is 9.59 Å². The highest BCUT2D eigenvalue weighted by molar-refractivity contribution is 6.02. The summed E-state index contributed by atoms with van der Waals surface area (Å²) in [5.41, 5.74) is 5.79. The van der Waals surface area contributed by atoms with Crippen LogP contribution in [0.25, 0.3) is 0 Å². The molecule has 0 atom stereocenters. The number of nitrogens with one attached hydrogen (secondary N) is 2. The van der Waals surface area contributed by atoms with Crippen molar-refractivity contribution in [2.24, 2.45) is 5.10 Å². The molecule has 3 N–H and O–H groups in total. The molecule has 0 unspecified atom stereocenters. The second kappa shape index (κ2) is 9.22. The molecule has 130 valence electrons. The molecule has 2 rings (SSSR count). The Balaban J connectivity index is 1.95. The second-order valence-electron chi connectivity index (χ2n) is 5.57. The van der Waals surface area contributed by atoms with Crippen molar-refractivity contribution in [3.63, 3.8) is 0 Å². The van der Waals surface area contributed by atoms with Crippen LogP contribution < -0.4 is 10.7 Å². The maximum Gasteiger partial charge on any atom is 0.303 e. The van der Waals surface area contributed by atoms with Gasteiger partial charge in [-0.25, -0.2) is 5.43 Å². The Morgan fingerprint density at radius 1 is 1.00 bits per heavy atom. The van der Waals surface area contributed by atoms with Crippen molar-refractivity contribution in [2.75, 3.05) is 11.9 Å². The van der Waals surface area contributed by atoms with E-state index in [1.54, 1.807) is 0 Å². The van der Waals surface area contributed by atoms with Gasteiger partial charge in [0, 0.05) is 12.1 Å². The minimum absolute atomic E-state index is 0.0504. The fourth-order valence-corrected chi connectivity index (χ4v) is 2.14. The number of amides is 1. The number of carboxylic acids is 1. The molecule has 2 aromatic rings. The van der Waals surface area contributed by atoms with Crippen molar-refractivity contribution in [1.82, 2.24) is 5.43 Å². The monoisotopic (exact) mass is 339 g/mol. The zero-order chi connectivity index (χ0) is 18.1. The van der Waals surface area contributed by atoms with Gasteiger partial charge in [0.05, 0.1) is 18.7 Å². The maximum atomic E-state index is 12.0. The number of carbonyl (C=O) groups is 2. The van der Waals surface area contributed by atoms with Gasteiger partial charge in [-0.05, 0) is 24.6 Å². The summed E-state index contributed by atoms with van der Waals surface area (Å²) in [6, 6.07) is 16.9. The lowest BCUT2D eigenvalue weighted by atomic mass is 10.1. The summed E-state index contributed by atoms with van der Waals surface area (Å²) in [5.74, 6) is -1.21. The number of aliphatic carboxylic acids is 1. The number of rotatable bonds is 8. The minimum atomic E-state index is -0.906. The van der Waals surface area contributed by atoms with Crippen LogP contribution in [0.4, 0.5) is 5.69 Å². The molecule has 0 radical (unpaired) electrons. The van der Waals surface area contributed by atoms with E-state index in [2.05, 4.69) is 15.8 Å². The summed E-state index contributed by atoms with van der Waals surface area (Å²) in [6.45, 7) is 2.07. The Morgan fingerprint density at radius 3 is 2.32 bits per heavy atom. The van der Waals surface area contributed by atoms with E-state index in [4.69, 9.17) is 5.11 Å². The van der Waals surface area contributed by atoms with Gasteiger partial charge in [-0.3, -0.25) is 9.59 Å². The van der Waals surface area contributed by atoms with Gasteiger partial charge in [0.2, 0.25) is 0 Å². The van der Waals surface area contributed by atoms with Gasteiger partial charge in [0.15, 0.2) is 0 Å². The first kappa shape index (κ1) is 18.2. The predicted octanol–water partition coefficient (Wildman–Crippen LogP) is 2.79. The third-order valence-corrected chi connectivity index (χ3v) is 3.50. The van der Waals surface area contributed by atoms with Crippen LogP contribution >= 0.6 is 0 Å². The van der Waals surface area contributed by atoms with Crippen LogP contribution in [-0.4, -0.2) is 29.2 Å². The highest BCUT2D eigenvalue weighted by atomic mass is 16.4. The topological polar surface area (TPSA) is 90.8 Å². The predicted molar refractivity (Wildman–Crippen MR) is 97.7 cm³/mol. The fourth-order valence-electron chi connectivity index (χ4n) is 2.14. The van der Waals surface area contributed by atoms with E-state index in [1.165, 1.54) is 0 Å². The number of aryl methyl sites for hydroxylation is 1. The van der Waals surface area contributed by atoms with Crippen molar-refractivity contribution in [2.45, 2.75) is 19.8 Å². The van der Waals surface area contributed by atoms with Crippen LogP contribution in [0.15, 0.2) is 59.7 Å². The standard InChI is InChI=1S/C19H21N3O3/c1-14-7-9-16(10-8-14)20-13-18(23)22-21-17(11-12-19(24)25)15-5-3-2-4-6-15/h2-10,20H,11-13H2,1H3,(H,22,23)(H,24,25)/b21-17+. The third-order valence-electron chi connectivity index (χ3n) is 3.50. The molecule has 2 aromatic carbocycles. The van der Waals surface area contributed by atoms with E-state index < -0.39 is 5.97 Å². The van der Waals surface area contributed by atoms with Crippen LogP contribution in [0.5, 0.6) is 0 Å². The van der Waals surface area contributed by atoms with Crippen LogP contribution in [0.1, 0.15) is 24.0 Å². The molecule has 0 aliphatic carbocycles. The second-order valence-corrected chi connectivity index (χ2v) is 5.57. The summed E-state index contributed by atoms with van der Waals surface area (Å²) >= 11 is 0. The van der Waals surface area contributed by atoms with E-state index in [-0.39, 0.29) is 25.3 Å². The van der Waals surface area contributed by atoms with Gasteiger partial charge in [0.25, 0.3) is 5.91 Å². The maximum absolute atomic E-state index is 12.0. The largest absolute Gasteiger partial charge is 0.481 e. The molecule has 0 spiro atoms. The summed E-state index contributed by atoms with van der Waals surface area (Å²) in [7, 11) is 0. The van der Waals surface area contributed by atoms with E-state index in [0.717, 1.165) is 16.8 Å². The number of anilines is 1. The Kier molecular flexibility index (Phi) is 6.71. The van der Waals surface area contributed by atoms with Crippen molar-refractivity contribution >= 4 is 23.3 Å². The van der Waals surface area contributed by atoms with Crippen LogP contribution in [-0.2, 0) is 9.59 Å². The summed E-state index contributed by atoms with van der Waals surface area (Å²) in [4.78, 5) is 22.8. The van der Waals surface area contributed by atoms with Crippen LogP contribution in [0.3, 0.4) is 0 Å². The SMILES string of the molecule is Cc1ccc(NCC(=O)N/N=C(\CCC(=O)O)c2ccccc2)cc1. The molecular formula is C19H21N3O3. The molecule has 0 heterocycles. The molecule has 0 saturated carbocycles. The summed E-state index contributed by atoms with van der Waals surface area (Å²) in [5, 5.41) is 16.0. The lowest BCUT2D eigenvalue weighted by Gasteiger charge is -2.08. The summed E-state index contributed by atoms with van der Waals surface area (Å²) in [6.07, 6.45) is 0.191. The Labute approximate surface area is 146 Å². The average molecular weight is 339 g/mol. The zero-order valence-corrected chi connectivity index (χ0v) is 14.0. The molecule has 0 saturated heterocycles. The lowest BCUT2D eigenvalue weighted by molar-refractivity contribution is -0.136. The van der Waals surface area contributed by atoms with Gasteiger partial charge in [-0.1, -0.05) is 48.0 Å². The van der Waals surface area contributed by atoms with Crippen molar-refractivity contribution < 1.29 is 14.7 Å². The number of carboxylic acid groups (broad SMARTS) is 1. The molecular weight excluding hydrogens is 318 g/mol. The Morgan fingerprint density at radius 2 is 1.68 bits per heavy atom. The molecule has 0 aliphatic rings.